The fourth-order valence-corrected chi connectivity index (χ4v) is 2.62. The van der Waals surface area contributed by atoms with Gasteiger partial charge in [-0.3, -0.25) is 9.78 Å². The molecule has 2 heterocycles. The molecule has 1 aromatic heterocycles. The number of benzene rings is 1. The first-order valence-electron chi connectivity index (χ1n) is 7.26. The molecule has 0 saturated carbocycles. The molecule has 0 bridgehead atoms. The average molecular weight is 317 g/mol. The van der Waals surface area contributed by atoms with E-state index < -0.39 is 0 Å². The Labute approximate surface area is 134 Å². The molecule has 4 nitrogen and oxygen atoms in total. The van der Waals surface area contributed by atoms with Gasteiger partial charge in [0.1, 0.15) is 11.8 Å². The summed E-state index contributed by atoms with van der Waals surface area (Å²) >= 11 is 5.90. The number of rotatable bonds is 4. The monoisotopic (exact) mass is 316 g/mol. The van der Waals surface area contributed by atoms with Crippen LogP contribution in [-0.4, -0.2) is 30.5 Å². The summed E-state index contributed by atoms with van der Waals surface area (Å²) in [5, 5.41) is 0.702. The summed E-state index contributed by atoms with van der Waals surface area (Å²) in [4.78, 5) is 18.5. The molecule has 0 N–H and O–H groups in total. The van der Waals surface area contributed by atoms with Crippen molar-refractivity contribution in [1.29, 1.82) is 0 Å². The smallest absolute Gasteiger partial charge is 0.209 e. The van der Waals surface area contributed by atoms with Gasteiger partial charge in [0, 0.05) is 24.4 Å². The van der Waals surface area contributed by atoms with E-state index in [2.05, 4.69) is 4.98 Å². The maximum Gasteiger partial charge on any atom is 0.209 e. The lowest BCUT2D eigenvalue weighted by molar-refractivity contribution is 0.0638. The van der Waals surface area contributed by atoms with Crippen LogP contribution in [0.3, 0.4) is 0 Å². The van der Waals surface area contributed by atoms with Gasteiger partial charge in [-0.15, -0.1) is 0 Å². The number of nitrogens with zero attached hydrogens (tertiary/aromatic N) is 2. The average Bonchev–Trinajstić information content (AvgIpc) is 3.09. The topological polar surface area (TPSA) is 42.4 Å². The summed E-state index contributed by atoms with van der Waals surface area (Å²) in [7, 11) is 1.95. The molecule has 1 saturated heterocycles. The van der Waals surface area contributed by atoms with Crippen LogP contribution in [0.25, 0.3) is 0 Å². The van der Waals surface area contributed by atoms with Crippen molar-refractivity contribution in [3.63, 3.8) is 0 Å². The van der Waals surface area contributed by atoms with Crippen molar-refractivity contribution in [2.75, 3.05) is 18.6 Å². The van der Waals surface area contributed by atoms with Crippen LogP contribution in [0.1, 0.15) is 23.3 Å². The Morgan fingerprint density at radius 3 is 2.55 bits per heavy atom. The van der Waals surface area contributed by atoms with Gasteiger partial charge in [0.05, 0.1) is 11.9 Å². The number of ether oxygens (including phenoxy) is 1. The first-order valence-corrected chi connectivity index (χ1v) is 7.64. The second-order valence-corrected chi connectivity index (χ2v) is 5.74. The van der Waals surface area contributed by atoms with Gasteiger partial charge in [-0.1, -0.05) is 11.6 Å². The molecule has 1 aromatic carbocycles. The largest absolute Gasteiger partial charge is 0.370 e. The number of hydrogen-bond acceptors (Lipinski definition) is 4. The van der Waals surface area contributed by atoms with Gasteiger partial charge in [0.15, 0.2) is 0 Å². The molecule has 114 valence electrons. The van der Waals surface area contributed by atoms with Crippen molar-refractivity contribution in [2.24, 2.45) is 0 Å². The molecule has 1 atom stereocenters. The number of anilines is 2. The van der Waals surface area contributed by atoms with Gasteiger partial charge < -0.3 is 9.64 Å². The van der Waals surface area contributed by atoms with Crippen LogP contribution >= 0.6 is 11.6 Å². The summed E-state index contributed by atoms with van der Waals surface area (Å²) in [5.74, 6) is -0.0294. The Kier molecular flexibility index (Phi) is 4.41. The highest BCUT2D eigenvalue weighted by molar-refractivity contribution is 6.30. The standard InChI is InChI=1S/C17H17ClN2O2/c1-20(13-6-4-12(18)5-7-13)14-8-9-15(19-11-14)17(21)16-3-2-10-22-16/h4-9,11,16H,2-3,10H2,1H3. The Morgan fingerprint density at radius 2 is 1.95 bits per heavy atom. The number of Topliss-reactive ketones (excluding diaryl/α,β-unsaturated/α-hetero) is 1. The highest BCUT2D eigenvalue weighted by atomic mass is 35.5. The van der Waals surface area contributed by atoms with Gasteiger partial charge in [0.2, 0.25) is 5.78 Å². The minimum atomic E-state index is -0.327. The summed E-state index contributed by atoms with van der Waals surface area (Å²) in [6.45, 7) is 0.661. The van der Waals surface area contributed by atoms with Crippen LogP contribution < -0.4 is 4.90 Å². The third-order valence-corrected chi connectivity index (χ3v) is 4.08. The third kappa shape index (κ3) is 3.13. The van der Waals surface area contributed by atoms with Crippen molar-refractivity contribution in [3.8, 4) is 0 Å². The van der Waals surface area contributed by atoms with Crippen LogP contribution in [-0.2, 0) is 4.74 Å². The number of carbonyl (C=O) groups is 1. The Morgan fingerprint density at radius 1 is 1.23 bits per heavy atom. The van der Waals surface area contributed by atoms with E-state index in [1.807, 2.05) is 42.3 Å². The lowest BCUT2D eigenvalue weighted by Gasteiger charge is -2.19. The predicted molar refractivity (Wildman–Crippen MR) is 87.1 cm³/mol. The molecule has 5 heteroatoms. The van der Waals surface area contributed by atoms with E-state index in [-0.39, 0.29) is 11.9 Å². The van der Waals surface area contributed by atoms with Crippen molar-refractivity contribution < 1.29 is 9.53 Å². The van der Waals surface area contributed by atoms with E-state index in [9.17, 15) is 4.79 Å². The van der Waals surface area contributed by atoms with Crippen molar-refractivity contribution in [3.05, 3.63) is 53.3 Å². The van der Waals surface area contributed by atoms with Gasteiger partial charge in [0.25, 0.3) is 0 Å². The second-order valence-electron chi connectivity index (χ2n) is 5.30. The van der Waals surface area contributed by atoms with Crippen LogP contribution in [0.4, 0.5) is 11.4 Å². The molecule has 0 spiro atoms. The predicted octanol–water partition coefficient (Wildman–Crippen LogP) is 3.86. The van der Waals surface area contributed by atoms with Crippen molar-refractivity contribution in [2.45, 2.75) is 18.9 Å². The zero-order valence-electron chi connectivity index (χ0n) is 12.3. The Bertz CT molecular complexity index is 649. The molecule has 22 heavy (non-hydrogen) atoms. The van der Waals surface area contributed by atoms with Crippen molar-refractivity contribution in [1.82, 2.24) is 4.98 Å². The van der Waals surface area contributed by atoms with E-state index in [4.69, 9.17) is 16.3 Å². The van der Waals surface area contributed by atoms with Crippen molar-refractivity contribution >= 4 is 28.8 Å². The van der Waals surface area contributed by atoms with Gasteiger partial charge in [-0.2, -0.15) is 0 Å². The number of aromatic nitrogens is 1. The lowest BCUT2D eigenvalue weighted by Crippen LogP contribution is -2.20. The number of pyridine rings is 1. The molecule has 0 radical (unpaired) electrons. The number of halogens is 1. The minimum Gasteiger partial charge on any atom is -0.370 e. The first-order chi connectivity index (χ1) is 10.6. The molecule has 0 aliphatic carbocycles. The molecule has 1 aliphatic heterocycles. The Balaban J connectivity index is 1.75. The molecule has 1 fully saturated rings. The number of carbonyl (C=O) groups excluding carboxylic acids is 1. The molecule has 3 rings (SSSR count). The zero-order chi connectivity index (χ0) is 15.5. The molecular formula is C17H17ClN2O2. The fourth-order valence-electron chi connectivity index (χ4n) is 2.49. The van der Waals surface area contributed by atoms with Crippen LogP contribution in [0.5, 0.6) is 0 Å². The summed E-state index contributed by atoms with van der Waals surface area (Å²) in [6, 6.07) is 11.2. The molecular weight excluding hydrogens is 300 g/mol. The first kappa shape index (κ1) is 15.0. The van der Waals surface area contributed by atoms with E-state index in [1.165, 1.54) is 0 Å². The lowest BCUT2D eigenvalue weighted by atomic mass is 10.1. The summed E-state index contributed by atoms with van der Waals surface area (Å²) < 4.78 is 5.41. The normalized spacial score (nSPS) is 17.5. The summed E-state index contributed by atoms with van der Waals surface area (Å²) in [6.07, 6.45) is 3.10. The molecule has 0 amide bonds. The highest BCUT2D eigenvalue weighted by Gasteiger charge is 2.25. The van der Waals surface area contributed by atoms with Gasteiger partial charge in [-0.05, 0) is 49.2 Å². The van der Waals surface area contributed by atoms with E-state index in [0.29, 0.717) is 17.3 Å². The second kappa shape index (κ2) is 6.46. The van der Waals surface area contributed by atoms with E-state index in [1.54, 1.807) is 12.3 Å². The minimum absolute atomic E-state index is 0.0294. The zero-order valence-corrected chi connectivity index (χ0v) is 13.1. The van der Waals surface area contributed by atoms with Gasteiger partial charge in [-0.25, -0.2) is 0 Å². The maximum absolute atomic E-state index is 12.2. The molecule has 1 aliphatic rings. The molecule has 1 unspecified atom stereocenters. The number of ketones is 1. The SMILES string of the molecule is CN(c1ccc(Cl)cc1)c1ccc(C(=O)C2CCCO2)nc1. The number of hydrogen-bond donors (Lipinski definition) is 0. The quantitative estimate of drug-likeness (QED) is 0.803. The van der Waals surface area contributed by atoms with Crippen LogP contribution in [0, 0.1) is 0 Å². The van der Waals surface area contributed by atoms with E-state index in [0.717, 1.165) is 24.2 Å². The van der Waals surface area contributed by atoms with E-state index >= 15 is 0 Å². The van der Waals surface area contributed by atoms with Crippen LogP contribution in [0.15, 0.2) is 42.6 Å². The van der Waals surface area contributed by atoms with Crippen LogP contribution in [0.2, 0.25) is 5.02 Å². The highest BCUT2D eigenvalue weighted by Crippen LogP contribution is 2.25. The fraction of sp³-hybridized carbons (Fsp3) is 0.294. The molecule has 2 aromatic rings. The van der Waals surface area contributed by atoms with Gasteiger partial charge >= 0.3 is 0 Å². The summed E-state index contributed by atoms with van der Waals surface area (Å²) in [5.41, 5.74) is 2.37. The third-order valence-electron chi connectivity index (χ3n) is 3.82. The maximum atomic E-state index is 12.2. The Hall–Kier alpha value is -1.91.